The second kappa shape index (κ2) is 7.38. The van der Waals surface area contributed by atoms with E-state index in [1.807, 2.05) is 6.07 Å². The lowest BCUT2D eigenvalue weighted by atomic mass is 9.89. The Morgan fingerprint density at radius 2 is 1.83 bits per heavy atom. The first-order valence-corrected chi connectivity index (χ1v) is 7.38. The lowest BCUT2D eigenvalue weighted by Gasteiger charge is -2.19. The molecule has 0 radical (unpaired) electrons. The smallest absolute Gasteiger partial charge is 0.318 e. The summed E-state index contributed by atoms with van der Waals surface area (Å²) in [6, 6.07) is 14.9. The number of ether oxygens (including phenoxy) is 1. The highest BCUT2D eigenvalue weighted by atomic mass is 16.6. The Hall–Kier alpha value is -3.20. The van der Waals surface area contributed by atoms with E-state index in [9.17, 15) is 14.9 Å². The monoisotopic (exact) mass is 324 g/mol. The Morgan fingerprint density at radius 1 is 1.17 bits per heavy atom. The van der Waals surface area contributed by atoms with E-state index in [1.165, 1.54) is 18.2 Å². The van der Waals surface area contributed by atoms with Crippen molar-refractivity contribution < 1.29 is 14.5 Å². The Bertz CT molecular complexity index is 794. The molecule has 24 heavy (non-hydrogen) atoms. The average Bonchev–Trinajstić information content (AvgIpc) is 2.54. The molecule has 0 fully saturated rings. The van der Waals surface area contributed by atoms with Crippen LogP contribution >= 0.6 is 0 Å². The van der Waals surface area contributed by atoms with Crippen LogP contribution < -0.4 is 0 Å². The second-order valence-electron chi connectivity index (χ2n) is 5.44. The number of esters is 1. The number of hydrogen-bond donors (Lipinski definition) is 0. The van der Waals surface area contributed by atoms with E-state index in [-0.39, 0.29) is 22.9 Å². The zero-order chi connectivity index (χ0) is 17.7. The van der Waals surface area contributed by atoms with Gasteiger partial charge in [-0.3, -0.25) is 14.9 Å². The van der Waals surface area contributed by atoms with Crippen molar-refractivity contribution in [3.05, 3.63) is 75.3 Å². The minimum Gasteiger partial charge on any atom is -0.462 e. The number of rotatable bonds is 5. The van der Waals surface area contributed by atoms with Crippen molar-refractivity contribution in [1.29, 1.82) is 5.26 Å². The summed E-state index contributed by atoms with van der Waals surface area (Å²) in [6.45, 7) is 3.42. The zero-order valence-electron chi connectivity index (χ0n) is 13.3. The summed E-state index contributed by atoms with van der Waals surface area (Å²) >= 11 is 0. The van der Waals surface area contributed by atoms with E-state index in [0.29, 0.717) is 5.56 Å². The number of nitro groups is 1. The summed E-state index contributed by atoms with van der Waals surface area (Å²) in [5.74, 6) is -1.56. The molecule has 122 valence electrons. The van der Waals surface area contributed by atoms with Gasteiger partial charge in [0, 0.05) is 5.56 Å². The number of para-hydroxylation sites is 1. The normalized spacial score (nSPS) is 11.6. The number of nitro benzene ring substituents is 1. The van der Waals surface area contributed by atoms with E-state index < -0.39 is 16.8 Å². The first-order chi connectivity index (χ1) is 11.5. The number of nitriles is 1. The molecule has 2 aromatic rings. The topological polar surface area (TPSA) is 93.2 Å². The van der Waals surface area contributed by atoms with Crippen LogP contribution in [0.5, 0.6) is 0 Å². The molecule has 0 saturated heterocycles. The maximum Gasteiger partial charge on any atom is 0.318 e. The van der Waals surface area contributed by atoms with Crippen LogP contribution in [0.1, 0.15) is 36.5 Å². The van der Waals surface area contributed by atoms with Gasteiger partial charge in [0.25, 0.3) is 5.69 Å². The van der Waals surface area contributed by atoms with Crippen LogP contribution in [0.2, 0.25) is 0 Å². The van der Waals surface area contributed by atoms with Gasteiger partial charge in [0.05, 0.1) is 11.0 Å². The molecule has 0 spiro atoms. The van der Waals surface area contributed by atoms with Crippen molar-refractivity contribution in [3.8, 4) is 6.07 Å². The summed E-state index contributed by atoms with van der Waals surface area (Å²) in [5, 5.41) is 20.6. The molecule has 1 unspecified atom stereocenters. The van der Waals surface area contributed by atoms with Crippen LogP contribution in [0.3, 0.4) is 0 Å². The standard InChI is InChI=1S/C18H16N2O4/c1-12(2)24-18(21)16(13-7-4-3-5-8-13)15-10-6-9-14(11-19)17(15)20(22)23/h3-10,12,16H,1-2H3. The predicted molar refractivity (Wildman–Crippen MR) is 87.3 cm³/mol. The fourth-order valence-electron chi connectivity index (χ4n) is 2.48. The number of carbonyl (C=O) groups is 1. The van der Waals surface area contributed by atoms with Crippen molar-refractivity contribution in [2.75, 3.05) is 0 Å². The van der Waals surface area contributed by atoms with Crippen LogP contribution in [-0.4, -0.2) is 17.0 Å². The molecule has 0 N–H and O–H groups in total. The van der Waals surface area contributed by atoms with Crippen molar-refractivity contribution in [2.45, 2.75) is 25.9 Å². The van der Waals surface area contributed by atoms with Gasteiger partial charge in [0.1, 0.15) is 17.6 Å². The molecule has 6 heteroatoms. The molecule has 0 aliphatic rings. The first-order valence-electron chi connectivity index (χ1n) is 7.38. The SMILES string of the molecule is CC(C)OC(=O)C(c1ccccc1)c1cccc(C#N)c1[N+](=O)[O-]. The summed E-state index contributed by atoms with van der Waals surface area (Å²) in [5.41, 5.74) is 0.266. The van der Waals surface area contributed by atoms with Crippen LogP contribution in [-0.2, 0) is 9.53 Å². The van der Waals surface area contributed by atoms with Crippen molar-refractivity contribution >= 4 is 11.7 Å². The lowest BCUT2D eigenvalue weighted by molar-refractivity contribution is -0.385. The molecule has 0 aliphatic heterocycles. The van der Waals surface area contributed by atoms with E-state index >= 15 is 0 Å². The lowest BCUT2D eigenvalue weighted by Crippen LogP contribution is -2.21. The Kier molecular flexibility index (Phi) is 5.27. The molecule has 2 aromatic carbocycles. The van der Waals surface area contributed by atoms with Gasteiger partial charge >= 0.3 is 5.97 Å². The van der Waals surface area contributed by atoms with Crippen LogP contribution in [0.25, 0.3) is 0 Å². The number of carbonyl (C=O) groups excluding carboxylic acids is 1. The van der Waals surface area contributed by atoms with Gasteiger partial charge in [-0.05, 0) is 25.5 Å². The Balaban J connectivity index is 2.67. The molecule has 0 aromatic heterocycles. The Morgan fingerprint density at radius 3 is 2.38 bits per heavy atom. The largest absolute Gasteiger partial charge is 0.462 e. The third kappa shape index (κ3) is 3.58. The van der Waals surface area contributed by atoms with E-state index in [1.54, 1.807) is 44.2 Å². The predicted octanol–water partition coefficient (Wildman–Crippen LogP) is 3.55. The molecule has 2 rings (SSSR count). The minimum atomic E-state index is -0.970. The third-order valence-corrected chi connectivity index (χ3v) is 3.40. The van der Waals surface area contributed by atoms with Gasteiger partial charge in [0.15, 0.2) is 0 Å². The van der Waals surface area contributed by atoms with E-state index in [4.69, 9.17) is 10.00 Å². The third-order valence-electron chi connectivity index (χ3n) is 3.40. The summed E-state index contributed by atoms with van der Waals surface area (Å²) in [6.07, 6.45) is -0.359. The molecular weight excluding hydrogens is 308 g/mol. The molecular formula is C18H16N2O4. The van der Waals surface area contributed by atoms with Gasteiger partial charge in [-0.15, -0.1) is 0 Å². The van der Waals surface area contributed by atoms with E-state index in [2.05, 4.69) is 0 Å². The molecule has 0 aliphatic carbocycles. The highest BCUT2D eigenvalue weighted by Crippen LogP contribution is 2.35. The molecule has 0 bridgehead atoms. The van der Waals surface area contributed by atoms with Gasteiger partial charge in [-0.2, -0.15) is 5.26 Å². The highest BCUT2D eigenvalue weighted by Gasteiger charge is 2.33. The average molecular weight is 324 g/mol. The van der Waals surface area contributed by atoms with Gasteiger partial charge < -0.3 is 4.74 Å². The van der Waals surface area contributed by atoms with Crippen LogP contribution in [0.15, 0.2) is 48.5 Å². The second-order valence-corrected chi connectivity index (χ2v) is 5.44. The van der Waals surface area contributed by atoms with E-state index in [0.717, 1.165) is 0 Å². The summed E-state index contributed by atoms with van der Waals surface area (Å²) in [7, 11) is 0. The Labute approximate surface area is 139 Å². The molecule has 6 nitrogen and oxygen atoms in total. The van der Waals surface area contributed by atoms with Crippen molar-refractivity contribution in [1.82, 2.24) is 0 Å². The quantitative estimate of drug-likeness (QED) is 0.476. The number of benzene rings is 2. The van der Waals surface area contributed by atoms with Gasteiger partial charge in [-0.25, -0.2) is 0 Å². The zero-order valence-corrected chi connectivity index (χ0v) is 13.3. The maximum atomic E-state index is 12.6. The highest BCUT2D eigenvalue weighted by molar-refractivity contribution is 5.84. The molecule has 1 atom stereocenters. The van der Waals surface area contributed by atoms with Crippen molar-refractivity contribution in [3.63, 3.8) is 0 Å². The summed E-state index contributed by atoms with van der Waals surface area (Å²) < 4.78 is 5.28. The molecule has 0 heterocycles. The molecule has 0 saturated carbocycles. The first kappa shape index (κ1) is 17.2. The maximum absolute atomic E-state index is 12.6. The number of hydrogen-bond acceptors (Lipinski definition) is 5. The minimum absolute atomic E-state index is 0.0872. The molecule has 0 amide bonds. The summed E-state index contributed by atoms with van der Waals surface area (Å²) in [4.78, 5) is 23.5. The fourth-order valence-corrected chi connectivity index (χ4v) is 2.48. The van der Waals surface area contributed by atoms with Gasteiger partial charge in [0.2, 0.25) is 0 Å². The van der Waals surface area contributed by atoms with Crippen molar-refractivity contribution in [2.24, 2.45) is 0 Å². The van der Waals surface area contributed by atoms with Crippen LogP contribution in [0, 0.1) is 21.4 Å². The number of nitrogens with zero attached hydrogens (tertiary/aromatic N) is 2. The van der Waals surface area contributed by atoms with Crippen LogP contribution in [0.4, 0.5) is 5.69 Å². The van der Waals surface area contributed by atoms with Gasteiger partial charge in [-0.1, -0.05) is 42.5 Å². The fraction of sp³-hybridized carbons (Fsp3) is 0.222.